The number of benzene rings is 2. The van der Waals surface area contributed by atoms with E-state index in [9.17, 15) is 14.7 Å². The van der Waals surface area contributed by atoms with E-state index in [0.29, 0.717) is 13.1 Å². The molecule has 3 rings (SSSR count). The Morgan fingerprint density at radius 3 is 2.12 bits per heavy atom. The van der Waals surface area contributed by atoms with E-state index >= 15 is 0 Å². The first-order valence-corrected chi connectivity index (χ1v) is 12.1. The van der Waals surface area contributed by atoms with Crippen molar-refractivity contribution in [1.29, 1.82) is 0 Å². The molecule has 0 aromatic heterocycles. The molecular formula is C28H38N2O4. The molecule has 1 saturated heterocycles. The summed E-state index contributed by atoms with van der Waals surface area (Å²) in [5.41, 5.74) is 1.45. The van der Waals surface area contributed by atoms with Crippen LogP contribution in [0.25, 0.3) is 0 Å². The molecule has 6 heteroatoms. The Balaban J connectivity index is 1.92. The number of rotatable bonds is 9. The van der Waals surface area contributed by atoms with Crippen molar-refractivity contribution in [2.75, 3.05) is 6.54 Å². The third-order valence-corrected chi connectivity index (χ3v) is 6.80. The van der Waals surface area contributed by atoms with Crippen molar-refractivity contribution in [2.45, 2.75) is 71.9 Å². The fourth-order valence-corrected chi connectivity index (χ4v) is 5.08. The molecule has 0 bridgehead atoms. The summed E-state index contributed by atoms with van der Waals surface area (Å²) in [6.45, 7) is 12.3. The van der Waals surface area contributed by atoms with Gasteiger partial charge in [0.1, 0.15) is 5.60 Å². The van der Waals surface area contributed by atoms with Crippen LogP contribution in [0.15, 0.2) is 60.7 Å². The van der Waals surface area contributed by atoms with Gasteiger partial charge in [-0.15, -0.1) is 0 Å². The number of carbonyl (C=O) groups is 2. The molecule has 0 spiro atoms. The number of imide groups is 1. The highest BCUT2D eigenvalue weighted by molar-refractivity contribution is 5.95. The van der Waals surface area contributed by atoms with Gasteiger partial charge in [-0.1, -0.05) is 74.5 Å². The van der Waals surface area contributed by atoms with Crippen LogP contribution >= 0.6 is 0 Å². The van der Waals surface area contributed by atoms with Gasteiger partial charge in [0.25, 0.3) is 0 Å². The molecule has 1 N–H and O–H groups in total. The van der Waals surface area contributed by atoms with Gasteiger partial charge in [0.2, 0.25) is 5.91 Å². The van der Waals surface area contributed by atoms with Gasteiger partial charge >= 0.3 is 6.09 Å². The first kappa shape index (κ1) is 25.9. The van der Waals surface area contributed by atoms with Gasteiger partial charge in [0, 0.05) is 19.1 Å². The maximum atomic E-state index is 13.8. The molecule has 4 atom stereocenters. The van der Waals surface area contributed by atoms with E-state index in [1.165, 1.54) is 4.90 Å². The van der Waals surface area contributed by atoms with Gasteiger partial charge in [-0.25, -0.2) is 9.69 Å². The molecule has 1 fully saturated rings. The molecule has 2 amide bonds. The topological polar surface area (TPSA) is 70.1 Å². The summed E-state index contributed by atoms with van der Waals surface area (Å²) in [6.07, 6.45) is -1.57. The smallest absolute Gasteiger partial charge is 0.417 e. The van der Waals surface area contributed by atoms with E-state index in [0.717, 1.165) is 11.1 Å². The largest absolute Gasteiger partial charge is 0.441 e. The van der Waals surface area contributed by atoms with Crippen molar-refractivity contribution in [2.24, 2.45) is 11.8 Å². The van der Waals surface area contributed by atoms with Gasteiger partial charge in [-0.2, -0.15) is 0 Å². The quantitative estimate of drug-likeness (QED) is 0.561. The zero-order valence-corrected chi connectivity index (χ0v) is 21.1. The standard InChI is InChI=1S/C28H38N2O4/c1-19(2)25-28(5,6)34-27(33)30(25)26(32)24(21(4)31)18-29(17-22-13-9-7-10-14-22)20(3)23-15-11-8-12-16-23/h7-16,19-21,24-25,31H,17-18H2,1-6H3/t20-,21-,24+,25+/m1/s1. The van der Waals surface area contributed by atoms with Crippen LogP contribution in [0.1, 0.15) is 58.7 Å². The summed E-state index contributed by atoms with van der Waals surface area (Å²) < 4.78 is 5.57. The molecule has 184 valence electrons. The second-order valence-electron chi connectivity index (χ2n) is 10.2. The van der Waals surface area contributed by atoms with Crippen LogP contribution in [0.4, 0.5) is 4.79 Å². The molecule has 1 aliphatic rings. The summed E-state index contributed by atoms with van der Waals surface area (Å²) in [4.78, 5) is 30.0. The lowest BCUT2D eigenvalue weighted by atomic mass is 9.87. The Bertz CT molecular complexity index is 959. The molecule has 2 aromatic rings. The number of amides is 2. The van der Waals surface area contributed by atoms with Crippen LogP contribution in [0.5, 0.6) is 0 Å². The number of aliphatic hydroxyl groups is 1. The fraction of sp³-hybridized carbons (Fsp3) is 0.500. The zero-order valence-electron chi connectivity index (χ0n) is 21.1. The maximum absolute atomic E-state index is 13.8. The van der Waals surface area contributed by atoms with Crippen LogP contribution in [0.3, 0.4) is 0 Å². The minimum Gasteiger partial charge on any atom is -0.441 e. The van der Waals surface area contributed by atoms with Crippen LogP contribution in [0.2, 0.25) is 0 Å². The monoisotopic (exact) mass is 466 g/mol. The predicted molar refractivity (Wildman–Crippen MR) is 133 cm³/mol. The molecule has 1 aliphatic heterocycles. The number of carbonyl (C=O) groups excluding carboxylic acids is 2. The normalized spacial score (nSPS) is 20.3. The van der Waals surface area contributed by atoms with E-state index < -0.39 is 29.8 Å². The lowest BCUT2D eigenvalue weighted by molar-refractivity contribution is -0.139. The second-order valence-corrected chi connectivity index (χ2v) is 10.2. The van der Waals surface area contributed by atoms with Crippen molar-refractivity contribution in [3.05, 3.63) is 71.8 Å². The number of hydrogen-bond acceptors (Lipinski definition) is 5. The van der Waals surface area contributed by atoms with E-state index in [4.69, 9.17) is 4.74 Å². The maximum Gasteiger partial charge on any atom is 0.417 e. The van der Waals surface area contributed by atoms with Gasteiger partial charge in [-0.05, 0) is 44.7 Å². The van der Waals surface area contributed by atoms with Crippen LogP contribution < -0.4 is 0 Å². The van der Waals surface area contributed by atoms with Crippen LogP contribution in [0, 0.1) is 11.8 Å². The molecule has 0 saturated carbocycles. The predicted octanol–water partition coefficient (Wildman–Crippen LogP) is 5.03. The molecule has 34 heavy (non-hydrogen) atoms. The minimum atomic E-state index is -0.932. The number of aliphatic hydroxyl groups excluding tert-OH is 1. The Morgan fingerprint density at radius 1 is 1.03 bits per heavy atom. The average Bonchev–Trinajstić information content (AvgIpc) is 3.04. The Morgan fingerprint density at radius 2 is 1.59 bits per heavy atom. The Hall–Kier alpha value is -2.70. The lowest BCUT2D eigenvalue weighted by Gasteiger charge is -2.36. The summed E-state index contributed by atoms with van der Waals surface area (Å²) >= 11 is 0. The SMILES string of the molecule is CC(C)[C@@H]1N(C(=O)[C@@H](CN(Cc2ccccc2)[C@H](C)c2ccccc2)[C@@H](C)O)C(=O)OC1(C)C. The highest BCUT2D eigenvalue weighted by atomic mass is 16.6. The van der Waals surface area contributed by atoms with Gasteiger partial charge in [0.15, 0.2) is 0 Å². The number of cyclic esters (lactones) is 1. The summed E-state index contributed by atoms with van der Waals surface area (Å²) in [5.74, 6) is -1.15. The lowest BCUT2D eigenvalue weighted by Crippen LogP contribution is -2.53. The summed E-state index contributed by atoms with van der Waals surface area (Å²) in [6, 6.07) is 19.8. The van der Waals surface area contributed by atoms with Crippen molar-refractivity contribution < 1.29 is 19.4 Å². The first-order valence-electron chi connectivity index (χ1n) is 12.1. The Kier molecular flexibility index (Phi) is 8.16. The molecule has 0 unspecified atom stereocenters. The molecular weight excluding hydrogens is 428 g/mol. The van der Waals surface area contributed by atoms with Gasteiger partial charge in [-0.3, -0.25) is 9.69 Å². The second kappa shape index (κ2) is 10.7. The third kappa shape index (κ3) is 5.68. The highest BCUT2D eigenvalue weighted by Crippen LogP contribution is 2.36. The van der Waals surface area contributed by atoms with E-state index in [1.807, 2.05) is 64.1 Å². The molecule has 0 aliphatic carbocycles. The van der Waals surface area contributed by atoms with Gasteiger partial charge in [0.05, 0.1) is 18.1 Å². The fourth-order valence-electron chi connectivity index (χ4n) is 5.08. The molecule has 6 nitrogen and oxygen atoms in total. The molecule has 0 radical (unpaired) electrons. The minimum absolute atomic E-state index is 0.00155. The van der Waals surface area contributed by atoms with Crippen molar-refractivity contribution in [1.82, 2.24) is 9.80 Å². The van der Waals surface area contributed by atoms with Crippen molar-refractivity contribution >= 4 is 12.0 Å². The van der Waals surface area contributed by atoms with E-state index in [1.54, 1.807) is 6.92 Å². The van der Waals surface area contributed by atoms with Gasteiger partial charge < -0.3 is 9.84 Å². The van der Waals surface area contributed by atoms with E-state index in [-0.39, 0.29) is 17.9 Å². The molecule has 1 heterocycles. The number of ether oxygens (including phenoxy) is 1. The van der Waals surface area contributed by atoms with Crippen LogP contribution in [-0.2, 0) is 16.1 Å². The zero-order chi connectivity index (χ0) is 25.0. The average molecular weight is 467 g/mol. The Labute approximate surface area is 203 Å². The summed E-state index contributed by atoms with van der Waals surface area (Å²) in [5, 5.41) is 10.7. The third-order valence-electron chi connectivity index (χ3n) is 6.80. The van der Waals surface area contributed by atoms with Crippen molar-refractivity contribution in [3.8, 4) is 0 Å². The number of nitrogens with zero attached hydrogens (tertiary/aromatic N) is 2. The van der Waals surface area contributed by atoms with Crippen molar-refractivity contribution in [3.63, 3.8) is 0 Å². The van der Waals surface area contributed by atoms with Crippen LogP contribution in [-0.4, -0.2) is 51.2 Å². The first-order chi connectivity index (χ1) is 16.0. The highest BCUT2D eigenvalue weighted by Gasteiger charge is 2.53. The van der Waals surface area contributed by atoms with E-state index in [2.05, 4.69) is 36.1 Å². The number of hydrogen-bond donors (Lipinski definition) is 1. The summed E-state index contributed by atoms with van der Waals surface area (Å²) in [7, 11) is 0. The molecule has 2 aromatic carbocycles.